The fraction of sp³-hybridized carbons (Fsp3) is 0.643. The first-order valence-corrected chi connectivity index (χ1v) is 7.34. The zero-order valence-electron chi connectivity index (χ0n) is 11.3. The third-order valence-corrected chi connectivity index (χ3v) is 4.21. The van der Waals surface area contributed by atoms with Gasteiger partial charge in [0.1, 0.15) is 5.69 Å². The summed E-state index contributed by atoms with van der Waals surface area (Å²) in [5.41, 5.74) is 3.50. The van der Waals surface area contributed by atoms with Gasteiger partial charge in [0, 0.05) is 10.5 Å². The Balaban J connectivity index is 1.75. The summed E-state index contributed by atoms with van der Waals surface area (Å²) in [5, 5.41) is 13.0. The maximum atomic E-state index is 4.71. The zero-order chi connectivity index (χ0) is 12.8. The van der Waals surface area contributed by atoms with Crippen LogP contribution in [0.3, 0.4) is 0 Å². The highest BCUT2D eigenvalue weighted by molar-refractivity contribution is 5.14. The van der Waals surface area contributed by atoms with Crippen LogP contribution in [0.15, 0.2) is 12.3 Å². The van der Waals surface area contributed by atoms with Gasteiger partial charge < -0.3 is 5.32 Å². The van der Waals surface area contributed by atoms with Crippen molar-refractivity contribution in [1.82, 2.24) is 20.1 Å². The topological polar surface area (TPSA) is 46.3 Å². The van der Waals surface area contributed by atoms with Gasteiger partial charge in [-0.25, -0.2) is 0 Å². The molecule has 0 unspecified atom stereocenters. The Kier molecular flexibility index (Phi) is 2.55. The number of hydrogen-bond donors (Lipinski definition) is 1. The molecule has 1 atom stereocenters. The molecule has 1 saturated carbocycles. The molecule has 19 heavy (non-hydrogen) atoms. The highest BCUT2D eigenvalue weighted by Gasteiger charge is 2.29. The minimum atomic E-state index is 0.395. The fourth-order valence-electron chi connectivity index (χ4n) is 2.93. The summed E-state index contributed by atoms with van der Waals surface area (Å²) in [6, 6.07) is 2.58. The van der Waals surface area contributed by atoms with E-state index in [4.69, 9.17) is 10.2 Å². The Morgan fingerprint density at radius 2 is 2.16 bits per heavy atom. The van der Waals surface area contributed by atoms with Crippen molar-refractivity contribution in [2.45, 2.75) is 51.0 Å². The highest BCUT2D eigenvalue weighted by Crippen LogP contribution is 2.38. The van der Waals surface area contributed by atoms with E-state index in [2.05, 4.69) is 24.5 Å². The van der Waals surface area contributed by atoms with Crippen molar-refractivity contribution in [1.29, 1.82) is 0 Å². The van der Waals surface area contributed by atoms with Gasteiger partial charge in [-0.15, -0.1) is 0 Å². The summed E-state index contributed by atoms with van der Waals surface area (Å²) in [5.74, 6) is 0.683. The van der Waals surface area contributed by atoms with Crippen LogP contribution in [0.2, 0.25) is 0 Å². The molecule has 3 heterocycles. The molecule has 2 aromatic heterocycles. The average molecular weight is 258 g/mol. The molecule has 5 nitrogen and oxygen atoms in total. The Hall–Kier alpha value is -1.49. The molecule has 1 saturated heterocycles. The number of nitrogens with zero attached hydrogens (tertiary/aromatic N) is 4. The van der Waals surface area contributed by atoms with E-state index in [1.807, 2.05) is 9.26 Å². The normalized spacial score (nSPS) is 23.9. The molecule has 1 aliphatic carbocycles. The first-order chi connectivity index (χ1) is 9.31. The van der Waals surface area contributed by atoms with E-state index in [0.29, 0.717) is 12.0 Å². The number of piperidine rings is 1. The second-order valence-corrected chi connectivity index (χ2v) is 5.85. The predicted octanol–water partition coefficient (Wildman–Crippen LogP) is 1.32. The molecule has 100 valence electrons. The lowest BCUT2D eigenvalue weighted by Gasteiger charge is -2.18. The minimum Gasteiger partial charge on any atom is -0.307 e. The molecule has 2 fully saturated rings. The van der Waals surface area contributed by atoms with Gasteiger partial charge in [0.2, 0.25) is 5.69 Å². The van der Waals surface area contributed by atoms with Gasteiger partial charge in [0.15, 0.2) is 6.20 Å². The molecule has 5 heteroatoms. The fourth-order valence-corrected chi connectivity index (χ4v) is 2.93. The summed E-state index contributed by atoms with van der Waals surface area (Å²) in [6.45, 7) is 3.21. The first kappa shape index (κ1) is 11.3. The second kappa shape index (κ2) is 4.27. The van der Waals surface area contributed by atoms with Crippen LogP contribution < -0.4 is 9.95 Å². The molecule has 0 radical (unpaired) electrons. The molecule has 2 aliphatic rings. The van der Waals surface area contributed by atoms with Gasteiger partial charge in [0.05, 0.1) is 16.8 Å². The van der Waals surface area contributed by atoms with Crippen LogP contribution in [-0.2, 0) is 0 Å². The molecular formula is C14H20N5+. The Labute approximate surface area is 112 Å². The second-order valence-electron chi connectivity index (χ2n) is 5.85. The summed E-state index contributed by atoms with van der Waals surface area (Å²) < 4.78 is 3.83. The SMILES string of the molecule is Cc1cc(C2CC2)n[n+]2cc([C@@H]3CCCCN3)nn12. The van der Waals surface area contributed by atoms with E-state index in [1.54, 1.807) is 0 Å². The molecule has 2 aromatic rings. The summed E-state index contributed by atoms with van der Waals surface area (Å²) in [4.78, 5) is 0. The van der Waals surface area contributed by atoms with Gasteiger partial charge >= 0.3 is 0 Å². The number of hydrogen-bond acceptors (Lipinski definition) is 3. The lowest BCUT2D eigenvalue weighted by molar-refractivity contribution is -0.684. The van der Waals surface area contributed by atoms with Crippen molar-refractivity contribution in [2.24, 2.45) is 0 Å². The maximum absolute atomic E-state index is 4.71. The standard InChI is InChI=1S/C14H20N5/c1-10-8-13(11-5-6-11)16-18-9-14(17-19(10)18)12-4-2-3-7-15-12/h8-9,11-12,15H,2-7H2,1H3/q+1/t12-/m0/s1. The van der Waals surface area contributed by atoms with Crippen molar-refractivity contribution >= 4 is 0 Å². The van der Waals surface area contributed by atoms with Gasteiger partial charge in [-0.3, -0.25) is 0 Å². The van der Waals surface area contributed by atoms with Crippen LogP contribution >= 0.6 is 0 Å². The quantitative estimate of drug-likeness (QED) is 0.826. The Morgan fingerprint density at radius 3 is 2.89 bits per heavy atom. The molecular weight excluding hydrogens is 238 g/mol. The molecule has 0 spiro atoms. The average Bonchev–Trinajstić information content (AvgIpc) is 3.19. The molecule has 0 bridgehead atoms. The van der Waals surface area contributed by atoms with Crippen molar-refractivity contribution in [2.75, 3.05) is 6.54 Å². The van der Waals surface area contributed by atoms with Gasteiger partial charge in [-0.1, -0.05) is 11.5 Å². The van der Waals surface area contributed by atoms with Gasteiger partial charge in [-0.05, 0) is 49.8 Å². The zero-order valence-corrected chi connectivity index (χ0v) is 11.3. The van der Waals surface area contributed by atoms with Crippen LogP contribution in [-0.4, -0.2) is 21.4 Å². The van der Waals surface area contributed by atoms with E-state index in [1.165, 1.54) is 43.5 Å². The van der Waals surface area contributed by atoms with E-state index < -0.39 is 0 Å². The van der Waals surface area contributed by atoms with Crippen LogP contribution in [0.5, 0.6) is 0 Å². The third-order valence-electron chi connectivity index (χ3n) is 4.21. The van der Waals surface area contributed by atoms with Crippen LogP contribution in [0.4, 0.5) is 0 Å². The summed E-state index contributed by atoms with van der Waals surface area (Å²) in [6.07, 6.45) is 8.40. The number of aromatic nitrogens is 4. The molecule has 4 rings (SSSR count). The van der Waals surface area contributed by atoms with Gasteiger partial charge in [0.25, 0.3) is 0 Å². The maximum Gasteiger partial charge on any atom is 0.238 e. The highest BCUT2D eigenvalue weighted by atomic mass is 15.6. The number of aryl methyl sites for hydroxylation is 1. The minimum absolute atomic E-state index is 0.395. The molecule has 1 aliphatic heterocycles. The Bertz CT molecular complexity index is 608. The summed E-state index contributed by atoms with van der Waals surface area (Å²) in [7, 11) is 0. The summed E-state index contributed by atoms with van der Waals surface area (Å²) >= 11 is 0. The van der Waals surface area contributed by atoms with Crippen LogP contribution in [0.25, 0.3) is 0 Å². The monoisotopic (exact) mass is 258 g/mol. The van der Waals surface area contributed by atoms with Crippen LogP contribution in [0, 0.1) is 6.92 Å². The number of rotatable bonds is 2. The smallest absolute Gasteiger partial charge is 0.238 e. The molecule has 0 amide bonds. The van der Waals surface area contributed by atoms with E-state index in [-0.39, 0.29) is 0 Å². The van der Waals surface area contributed by atoms with Crippen molar-refractivity contribution < 1.29 is 4.63 Å². The van der Waals surface area contributed by atoms with Crippen molar-refractivity contribution in [3.63, 3.8) is 0 Å². The lowest BCUT2D eigenvalue weighted by Crippen LogP contribution is -2.35. The molecule has 1 N–H and O–H groups in total. The lowest BCUT2D eigenvalue weighted by atomic mass is 10.0. The predicted molar refractivity (Wildman–Crippen MR) is 69.9 cm³/mol. The van der Waals surface area contributed by atoms with E-state index in [9.17, 15) is 0 Å². The van der Waals surface area contributed by atoms with E-state index >= 15 is 0 Å². The largest absolute Gasteiger partial charge is 0.307 e. The number of fused-ring (bicyclic) bond motifs is 1. The Morgan fingerprint density at radius 1 is 1.26 bits per heavy atom. The van der Waals surface area contributed by atoms with Crippen molar-refractivity contribution in [3.8, 4) is 0 Å². The first-order valence-electron chi connectivity index (χ1n) is 7.34. The van der Waals surface area contributed by atoms with Crippen molar-refractivity contribution in [3.05, 3.63) is 29.3 Å². The number of nitrogens with one attached hydrogen (secondary N) is 1. The van der Waals surface area contributed by atoms with Gasteiger partial charge in [-0.2, -0.15) is 0 Å². The third kappa shape index (κ3) is 2.02. The molecule has 0 aromatic carbocycles. The van der Waals surface area contributed by atoms with Crippen LogP contribution in [0.1, 0.15) is 61.1 Å². The van der Waals surface area contributed by atoms with E-state index in [0.717, 1.165) is 12.2 Å².